The van der Waals surface area contributed by atoms with Crippen molar-refractivity contribution in [2.24, 2.45) is 5.92 Å². The fourth-order valence-electron chi connectivity index (χ4n) is 3.23. The number of benzene rings is 3. The van der Waals surface area contributed by atoms with Crippen LogP contribution in [0.1, 0.15) is 23.5 Å². The lowest BCUT2D eigenvalue weighted by atomic mass is 10.1. The minimum absolute atomic E-state index is 0.170. The summed E-state index contributed by atoms with van der Waals surface area (Å²) < 4.78 is 5.87. The van der Waals surface area contributed by atoms with Crippen molar-refractivity contribution in [3.63, 3.8) is 0 Å². The topological polar surface area (TPSA) is 58.6 Å². The fraction of sp³-hybridized carbons (Fsp3) is 0.174. The van der Waals surface area contributed by atoms with E-state index in [1.165, 1.54) is 0 Å². The predicted octanol–water partition coefficient (Wildman–Crippen LogP) is 5.28. The fourth-order valence-corrected chi connectivity index (χ4v) is 3.23. The van der Waals surface area contributed by atoms with E-state index < -0.39 is 5.97 Å². The Kier molecular flexibility index (Phi) is 4.79. The molecule has 3 aromatic carbocycles. The molecule has 0 bridgehead atoms. The van der Waals surface area contributed by atoms with Gasteiger partial charge in [0.15, 0.2) is 0 Å². The van der Waals surface area contributed by atoms with Gasteiger partial charge < -0.3 is 15.2 Å². The zero-order valence-corrected chi connectivity index (χ0v) is 14.8. The van der Waals surface area contributed by atoms with Crippen LogP contribution >= 0.6 is 0 Å². The van der Waals surface area contributed by atoms with Gasteiger partial charge in [0.25, 0.3) is 0 Å². The molecule has 0 radical (unpaired) electrons. The maximum Gasteiger partial charge on any atom is 0.307 e. The molecule has 0 spiro atoms. The first kappa shape index (κ1) is 17.2. The average molecular weight is 359 g/mol. The maximum absolute atomic E-state index is 11.0. The van der Waals surface area contributed by atoms with Crippen LogP contribution in [-0.2, 0) is 11.3 Å². The predicted molar refractivity (Wildman–Crippen MR) is 105 cm³/mol. The lowest BCUT2D eigenvalue weighted by Crippen LogP contribution is -2.00. The molecule has 1 saturated carbocycles. The second-order valence-electron chi connectivity index (χ2n) is 6.83. The number of hydrogen-bond donors (Lipinski definition) is 2. The average Bonchev–Trinajstić information content (AvgIpc) is 3.49. The van der Waals surface area contributed by atoms with Gasteiger partial charge in [-0.3, -0.25) is 4.79 Å². The number of aliphatic carboxylic acids is 1. The molecule has 1 aliphatic carbocycles. The molecule has 4 rings (SSSR count). The second kappa shape index (κ2) is 7.54. The molecule has 0 heterocycles. The number of carbonyl (C=O) groups is 1. The highest BCUT2D eigenvalue weighted by Crippen LogP contribution is 2.47. The Morgan fingerprint density at radius 1 is 0.963 bits per heavy atom. The van der Waals surface area contributed by atoms with Gasteiger partial charge >= 0.3 is 5.97 Å². The lowest BCUT2D eigenvalue weighted by molar-refractivity contribution is -0.138. The van der Waals surface area contributed by atoms with E-state index >= 15 is 0 Å². The largest absolute Gasteiger partial charge is 0.481 e. The molecule has 0 aliphatic heterocycles. The van der Waals surface area contributed by atoms with Crippen molar-refractivity contribution >= 4 is 11.7 Å². The first-order chi connectivity index (χ1) is 13.2. The third-order valence-corrected chi connectivity index (χ3v) is 4.82. The smallest absolute Gasteiger partial charge is 0.307 e. The van der Waals surface area contributed by atoms with E-state index in [4.69, 9.17) is 9.84 Å². The minimum Gasteiger partial charge on any atom is -0.481 e. The van der Waals surface area contributed by atoms with Crippen LogP contribution in [0, 0.1) is 5.92 Å². The summed E-state index contributed by atoms with van der Waals surface area (Å²) in [5.74, 6) is 0.890. The summed E-state index contributed by atoms with van der Waals surface area (Å²) in [6.45, 7) is 0.687. The third kappa shape index (κ3) is 4.29. The molecule has 1 aliphatic rings. The summed E-state index contributed by atoms with van der Waals surface area (Å²) in [6, 6.07) is 25.8. The second-order valence-corrected chi connectivity index (χ2v) is 6.83. The molecule has 0 aromatic heterocycles. The zero-order valence-electron chi connectivity index (χ0n) is 14.8. The quantitative estimate of drug-likeness (QED) is 0.603. The molecule has 4 heteroatoms. The van der Waals surface area contributed by atoms with E-state index in [-0.39, 0.29) is 11.8 Å². The van der Waals surface area contributed by atoms with Gasteiger partial charge in [0, 0.05) is 12.2 Å². The molecule has 2 atom stereocenters. The van der Waals surface area contributed by atoms with Crippen LogP contribution in [0.2, 0.25) is 0 Å². The molecule has 0 amide bonds. The molecule has 3 aromatic rings. The van der Waals surface area contributed by atoms with E-state index in [9.17, 15) is 4.79 Å². The zero-order chi connectivity index (χ0) is 18.6. The van der Waals surface area contributed by atoms with Crippen molar-refractivity contribution in [2.45, 2.75) is 18.9 Å². The van der Waals surface area contributed by atoms with Crippen molar-refractivity contribution < 1.29 is 14.6 Å². The van der Waals surface area contributed by atoms with Crippen LogP contribution in [0.3, 0.4) is 0 Å². The van der Waals surface area contributed by atoms with Crippen molar-refractivity contribution in [1.29, 1.82) is 0 Å². The van der Waals surface area contributed by atoms with Crippen LogP contribution < -0.4 is 10.1 Å². The summed E-state index contributed by atoms with van der Waals surface area (Å²) in [4.78, 5) is 11.0. The van der Waals surface area contributed by atoms with Crippen LogP contribution in [0.5, 0.6) is 11.5 Å². The van der Waals surface area contributed by atoms with Gasteiger partial charge in [-0.05, 0) is 59.9 Å². The number of para-hydroxylation sites is 1. The Morgan fingerprint density at radius 2 is 1.70 bits per heavy atom. The summed E-state index contributed by atoms with van der Waals surface area (Å²) in [6.07, 6.45) is 0.746. The molecule has 1 fully saturated rings. The van der Waals surface area contributed by atoms with Crippen molar-refractivity contribution in [3.05, 3.63) is 90.0 Å². The Bertz CT molecular complexity index is 922. The summed E-state index contributed by atoms with van der Waals surface area (Å²) in [5.41, 5.74) is 3.24. The first-order valence-electron chi connectivity index (χ1n) is 9.07. The van der Waals surface area contributed by atoms with Gasteiger partial charge in [-0.1, -0.05) is 42.5 Å². The Balaban J connectivity index is 1.35. The van der Waals surface area contributed by atoms with E-state index in [0.29, 0.717) is 6.54 Å². The van der Waals surface area contributed by atoms with Crippen molar-refractivity contribution in [1.82, 2.24) is 0 Å². The SMILES string of the molecule is O=C(O)C1CC1c1ccc(NCc2cccc(Oc3ccccc3)c2)cc1. The molecule has 136 valence electrons. The highest BCUT2D eigenvalue weighted by atomic mass is 16.5. The van der Waals surface area contributed by atoms with E-state index in [1.807, 2.05) is 72.8 Å². The summed E-state index contributed by atoms with van der Waals surface area (Å²) >= 11 is 0. The van der Waals surface area contributed by atoms with Gasteiger partial charge in [0.2, 0.25) is 0 Å². The first-order valence-corrected chi connectivity index (χ1v) is 9.07. The highest BCUT2D eigenvalue weighted by Gasteiger charge is 2.43. The van der Waals surface area contributed by atoms with Gasteiger partial charge in [-0.25, -0.2) is 0 Å². The highest BCUT2D eigenvalue weighted by molar-refractivity contribution is 5.75. The number of hydrogen-bond acceptors (Lipinski definition) is 3. The number of rotatable bonds is 7. The summed E-state index contributed by atoms with van der Waals surface area (Å²) in [5, 5.41) is 12.4. The van der Waals surface area contributed by atoms with E-state index in [2.05, 4.69) is 11.4 Å². The van der Waals surface area contributed by atoms with E-state index in [0.717, 1.165) is 34.7 Å². The van der Waals surface area contributed by atoms with Crippen LogP contribution in [0.4, 0.5) is 5.69 Å². The molecule has 27 heavy (non-hydrogen) atoms. The number of carboxylic acid groups (broad SMARTS) is 1. The number of carboxylic acids is 1. The van der Waals surface area contributed by atoms with Crippen molar-refractivity contribution in [3.8, 4) is 11.5 Å². The van der Waals surface area contributed by atoms with Crippen LogP contribution in [-0.4, -0.2) is 11.1 Å². The molecule has 4 nitrogen and oxygen atoms in total. The standard InChI is InChI=1S/C23H21NO3/c25-23(26)22-14-21(22)17-9-11-18(12-10-17)24-15-16-5-4-8-20(13-16)27-19-6-2-1-3-7-19/h1-13,21-22,24H,14-15H2,(H,25,26). The third-order valence-electron chi connectivity index (χ3n) is 4.82. The van der Waals surface area contributed by atoms with Crippen LogP contribution in [0.15, 0.2) is 78.9 Å². The molecular formula is C23H21NO3. The Morgan fingerprint density at radius 3 is 2.41 bits per heavy atom. The number of ether oxygens (including phenoxy) is 1. The normalized spacial score (nSPS) is 17.9. The molecule has 2 N–H and O–H groups in total. The van der Waals surface area contributed by atoms with Crippen LogP contribution in [0.25, 0.3) is 0 Å². The monoisotopic (exact) mass is 359 g/mol. The van der Waals surface area contributed by atoms with Gasteiger partial charge in [-0.15, -0.1) is 0 Å². The van der Waals surface area contributed by atoms with E-state index in [1.54, 1.807) is 0 Å². The Hall–Kier alpha value is -3.27. The van der Waals surface area contributed by atoms with Gasteiger partial charge in [0.1, 0.15) is 11.5 Å². The van der Waals surface area contributed by atoms with Gasteiger partial charge in [0.05, 0.1) is 5.92 Å². The minimum atomic E-state index is -0.695. The maximum atomic E-state index is 11.0. The number of nitrogens with one attached hydrogen (secondary N) is 1. The van der Waals surface area contributed by atoms with Crippen molar-refractivity contribution in [2.75, 3.05) is 5.32 Å². The summed E-state index contributed by atoms with van der Waals surface area (Å²) in [7, 11) is 0. The number of anilines is 1. The molecule has 2 unspecified atom stereocenters. The molecule has 0 saturated heterocycles. The lowest BCUT2D eigenvalue weighted by Gasteiger charge is -2.10. The molecular weight excluding hydrogens is 338 g/mol. The Labute approximate surface area is 158 Å². The van der Waals surface area contributed by atoms with Gasteiger partial charge in [-0.2, -0.15) is 0 Å².